The molecular weight excluding hydrogens is 265 g/mol. The number of nitrogens with zero attached hydrogens (tertiary/aromatic N) is 1. The molecular formula is C10H11Cl2N3O2. The summed E-state index contributed by atoms with van der Waals surface area (Å²) in [5.41, 5.74) is 11.0. The third kappa shape index (κ3) is 3.25. The predicted octanol–water partition coefficient (Wildman–Crippen LogP) is 1.13. The number of amides is 2. The van der Waals surface area contributed by atoms with Gasteiger partial charge in [0.1, 0.15) is 0 Å². The maximum atomic E-state index is 11.9. The minimum absolute atomic E-state index is 0.182. The van der Waals surface area contributed by atoms with E-state index in [-0.39, 0.29) is 27.8 Å². The molecule has 1 aromatic carbocycles. The highest BCUT2D eigenvalue weighted by Gasteiger charge is 2.16. The van der Waals surface area contributed by atoms with Crippen LogP contribution in [0.2, 0.25) is 10.0 Å². The zero-order valence-electron chi connectivity index (χ0n) is 9.04. The number of carbonyl (C=O) groups excluding carboxylic acids is 2. The molecule has 0 aliphatic carbocycles. The average Bonchev–Trinajstić information content (AvgIpc) is 2.23. The highest BCUT2D eigenvalue weighted by Crippen LogP contribution is 2.29. The number of nitrogens with two attached hydrogens (primary N) is 2. The van der Waals surface area contributed by atoms with Crippen LogP contribution in [0, 0.1) is 0 Å². The molecule has 0 saturated carbocycles. The molecule has 0 aliphatic rings. The summed E-state index contributed by atoms with van der Waals surface area (Å²) in [6, 6.07) is 2.78. The van der Waals surface area contributed by atoms with Crippen molar-refractivity contribution in [3.8, 4) is 0 Å². The number of carbonyl (C=O) groups is 2. The van der Waals surface area contributed by atoms with Gasteiger partial charge in [-0.25, -0.2) is 0 Å². The van der Waals surface area contributed by atoms with Crippen molar-refractivity contribution in [3.63, 3.8) is 0 Å². The number of hydrogen-bond donors (Lipinski definition) is 2. The normalized spacial score (nSPS) is 10.1. The summed E-state index contributed by atoms with van der Waals surface area (Å²) < 4.78 is 0. The monoisotopic (exact) mass is 275 g/mol. The van der Waals surface area contributed by atoms with Gasteiger partial charge in [0.15, 0.2) is 0 Å². The fourth-order valence-corrected chi connectivity index (χ4v) is 1.72. The zero-order chi connectivity index (χ0) is 13.2. The fourth-order valence-electron chi connectivity index (χ4n) is 1.23. The van der Waals surface area contributed by atoms with Crippen LogP contribution in [0.15, 0.2) is 12.1 Å². The molecule has 0 heterocycles. The van der Waals surface area contributed by atoms with Gasteiger partial charge in [0.05, 0.1) is 22.3 Å². The quantitative estimate of drug-likeness (QED) is 0.811. The second kappa shape index (κ2) is 5.25. The van der Waals surface area contributed by atoms with E-state index in [9.17, 15) is 9.59 Å². The maximum Gasteiger partial charge on any atom is 0.254 e. The first-order chi connectivity index (χ1) is 7.82. The van der Waals surface area contributed by atoms with Crippen LogP contribution in [-0.4, -0.2) is 30.3 Å². The predicted molar refractivity (Wildman–Crippen MR) is 67.0 cm³/mol. The Morgan fingerprint density at radius 3 is 2.18 bits per heavy atom. The lowest BCUT2D eigenvalue weighted by molar-refractivity contribution is -0.118. The number of primary amides is 1. The van der Waals surface area contributed by atoms with Crippen LogP contribution >= 0.6 is 23.2 Å². The minimum Gasteiger partial charge on any atom is -0.396 e. The van der Waals surface area contributed by atoms with E-state index in [1.807, 2.05) is 0 Å². The Balaban J connectivity index is 3.01. The van der Waals surface area contributed by atoms with Gasteiger partial charge in [-0.15, -0.1) is 0 Å². The molecule has 0 unspecified atom stereocenters. The van der Waals surface area contributed by atoms with E-state index in [0.29, 0.717) is 0 Å². The second-order valence-electron chi connectivity index (χ2n) is 3.48. The second-order valence-corrected chi connectivity index (χ2v) is 4.30. The third-order valence-corrected chi connectivity index (χ3v) is 2.69. The number of rotatable bonds is 3. The zero-order valence-corrected chi connectivity index (χ0v) is 10.5. The summed E-state index contributed by atoms with van der Waals surface area (Å²) in [6.45, 7) is -0.182. The summed E-state index contributed by atoms with van der Waals surface area (Å²) in [4.78, 5) is 23.7. The van der Waals surface area contributed by atoms with Gasteiger partial charge in [-0.3, -0.25) is 9.59 Å². The van der Waals surface area contributed by atoms with E-state index in [4.69, 9.17) is 34.7 Å². The molecule has 5 nitrogen and oxygen atoms in total. The highest BCUT2D eigenvalue weighted by atomic mass is 35.5. The van der Waals surface area contributed by atoms with Gasteiger partial charge in [-0.05, 0) is 12.1 Å². The van der Waals surface area contributed by atoms with E-state index in [1.165, 1.54) is 24.1 Å². The van der Waals surface area contributed by atoms with Crippen LogP contribution < -0.4 is 11.5 Å². The maximum absolute atomic E-state index is 11.9. The molecule has 0 saturated heterocycles. The van der Waals surface area contributed by atoms with E-state index < -0.39 is 11.8 Å². The molecule has 0 fully saturated rings. The standard InChI is InChI=1S/C10H11Cl2N3O2/c1-15(4-8(13)16)10(17)5-2-6(11)9(14)7(12)3-5/h2-3H,4,14H2,1H3,(H2,13,16). The number of nitrogen functional groups attached to an aromatic ring is 1. The molecule has 0 atom stereocenters. The average molecular weight is 276 g/mol. The van der Waals surface area contributed by atoms with Gasteiger partial charge in [0.25, 0.3) is 5.91 Å². The lowest BCUT2D eigenvalue weighted by Gasteiger charge is -2.15. The summed E-state index contributed by atoms with van der Waals surface area (Å²) in [6.07, 6.45) is 0. The van der Waals surface area contributed by atoms with Crippen molar-refractivity contribution in [1.82, 2.24) is 4.90 Å². The van der Waals surface area contributed by atoms with E-state index in [0.717, 1.165) is 0 Å². The number of benzene rings is 1. The molecule has 0 aliphatic heterocycles. The Bertz CT molecular complexity index is 454. The fraction of sp³-hybridized carbons (Fsp3) is 0.200. The Hall–Kier alpha value is -1.46. The Kier molecular flexibility index (Phi) is 4.20. The lowest BCUT2D eigenvalue weighted by Crippen LogP contribution is -2.35. The van der Waals surface area contributed by atoms with Crippen LogP contribution in [0.4, 0.5) is 5.69 Å². The molecule has 2 amide bonds. The van der Waals surface area contributed by atoms with Crippen molar-refractivity contribution in [3.05, 3.63) is 27.7 Å². The Labute approximate surface area is 108 Å². The van der Waals surface area contributed by atoms with Crippen LogP contribution in [-0.2, 0) is 4.79 Å². The lowest BCUT2D eigenvalue weighted by atomic mass is 10.2. The number of hydrogen-bond acceptors (Lipinski definition) is 3. The largest absolute Gasteiger partial charge is 0.396 e. The first kappa shape index (κ1) is 13.6. The molecule has 4 N–H and O–H groups in total. The summed E-state index contributed by atoms with van der Waals surface area (Å²) in [5.74, 6) is -1.01. The summed E-state index contributed by atoms with van der Waals surface area (Å²) in [7, 11) is 1.45. The molecule has 17 heavy (non-hydrogen) atoms. The number of anilines is 1. The van der Waals surface area contributed by atoms with Crippen LogP contribution in [0.3, 0.4) is 0 Å². The van der Waals surface area contributed by atoms with Gasteiger partial charge in [-0.2, -0.15) is 0 Å². The SMILES string of the molecule is CN(CC(N)=O)C(=O)c1cc(Cl)c(N)c(Cl)c1. The smallest absolute Gasteiger partial charge is 0.254 e. The first-order valence-electron chi connectivity index (χ1n) is 4.61. The van der Waals surface area contributed by atoms with Crippen molar-refractivity contribution < 1.29 is 9.59 Å². The number of halogens is 2. The molecule has 92 valence electrons. The van der Waals surface area contributed by atoms with Gasteiger partial charge < -0.3 is 16.4 Å². The summed E-state index contributed by atoms with van der Waals surface area (Å²) >= 11 is 11.6. The van der Waals surface area contributed by atoms with Crippen molar-refractivity contribution in [2.75, 3.05) is 19.3 Å². The molecule has 0 radical (unpaired) electrons. The van der Waals surface area contributed by atoms with Gasteiger partial charge >= 0.3 is 0 Å². The molecule has 0 bridgehead atoms. The van der Waals surface area contributed by atoms with Gasteiger partial charge in [-0.1, -0.05) is 23.2 Å². The Morgan fingerprint density at radius 2 is 1.76 bits per heavy atom. The van der Waals surface area contributed by atoms with Crippen molar-refractivity contribution in [1.29, 1.82) is 0 Å². The molecule has 1 aromatic rings. The minimum atomic E-state index is -0.603. The van der Waals surface area contributed by atoms with Crippen molar-refractivity contribution in [2.24, 2.45) is 5.73 Å². The molecule has 0 aromatic heterocycles. The topological polar surface area (TPSA) is 89.4 Å². The molecule has 0 spiro atoms. The van der Waals surface area contributed by atoms with E-state index in [2.05, 4.69) is 0 Å². The van der Waals surface area contributed by atoms with Crippen LogP contribution in [0.5, 0.6) is 0 Å². The van der Waals surface area contributed by atoms with E-state index >= 15 is 0 Å². The third-order valence-electron chi connectivity index (χ3n) is 2.07. The summed E-state index contributed by atoms with van der Waals surface area (Å²) in [5, 5.41) is 0.377. The van der Waals surface area contributed by atoms with Crippen molar-refractivity contribution >= 4 is 40.7 Å². The Morgan fingerprint density at radius 1 is 1.29 bits per heavy atom. The van der Waals surface area contributed by atoms with E-state index in [1.54, 1.807) is 0 Å². The molecule has 7 heteroatoms. The van der Waals surface area contributed by atoms with Gasteiger partial charge in [0.2, 0.25) is 5.91 Å². The highest BCUT2D eigenvalue weighted by molar-refractivity contribution is 6.39. The van der Waals surface area contributed by atoms with Crippen LogP contribution in [0.25, 0.3) is 0 Å². The van der Waals surface area contributed by atoms with Gasteiger partial charge in [0, 0.05) is 12.6 Å². The van der Waals surface area contributed by atoms with Crippen LogP contribution in [0.1, 0.15) is 10.4 Å². The van der Waals surface area contributed by atoms with Crippen molar-refractivity contribution in [2.45, 2.75) is 0 Å². The first-order valence-corrected chi connectivity index (χ1v) is 5.36. The number of likely N-dealkylation sites (N-methyl/N-ethyl adjacent to an activating group) is 1. The molecule has 1 rings (SSSR count).